The van der Waals surface area contributed by atoms with Crippen LogP contribution >= 0.6 is 0 Å². The molecule has 2 fully saturated rings. The molecule has 1 saturated heterocycles. The summed E-state index contributed by atoms with van der Waals surface area (Å²) in [7, 11) is 0. The van der Waals surface area contributed by atoms with Gasteiger partial charge in [0.05, 0.1) is 0 Å². The first-order chi connectivity index (χ1) is 19.2. The quantitative estimate of drug-likeness (QED) is 0.449. The predicted molar refractivity (Wildman–Crippen MR) is 151 cm³/mol. The zero-order valence-electron chi connectivity index (χ0n) is 23.2. The van der Waals surface area contributed by atoms with Crippen molar-refractivity contribution in [2.75, 3.05) is 31.5 Å². The van der Waals surface area contributed by atoms with Gasteiger partial charge in [0.2, 0.25) is 23.6 Å². The van der Waals surface area contributed by atoms with Crippen molar-refractivity contribution in [1.82, 2.24) is 15.1 Å². The molecule has 2 aromatic rings. The molecular weight excluding hydrogens is 514 g/mol. The topological polar surface area (TPSA) is 81.8 Å². The van der Waals surface area contributed by atoms with E-state index in [4.69, 9.17) is 0 Å². The summed E-state index contributed by atoms with van der Waals surface area (Å²) in [4.78, 5) is 42.3. The average Bonchev–Trinajstić information content (AvgIpc) is 2.95. The molecule has 1 atom stereocenters. The van der Waals surface area contributed by atoms with Crippen molar-refractivity contribution in [3.05, 3.63) is 65.7 Å². The molecule has 4 rings (SSSR count). The van der Waals surface area contributed by atoms with Gasteiger partial charge in [-0.2, -0.15) is 0 Å². The highest BCUT2D eigenvalue weighted by Gasteiger charge is 2.35. The van der Waals surface area contributed by atoms with E-state index in [1.54, 1.807) is 19.1 Å². The number of carbonyl (C=O) groups is 3. The van der Waals surface area contributed by atoms with Crippen molar-refractivity contribution < 1.29 is 23.2 Å². The van der Waals surface area contributed by atoms with E-state index < -0.39 is 12.0 Å². The Morgan fingerprint density at radius 1 is 0.900 bits per heavy atom. The molecule has 2 N–H and O–H groups in total. The van der Waals surface area contributed by atoms with Gasteiger partial charge in [0.25, 0.3) is 0 Å². The molecule has 1 aliphatic heterocycles. The highest BCUT2D eigenvalue weighted by Crippen LogP contribution is 2.37. The molecule has 0 spiro atoms. The predicted octanol–water partition coefficient (Wildman–Crippen LogP) is 4.62. The van der Waals surface area contributed by atoms with Gasteiger partial charge >= 0.3 is 0 Å². The smallest absolute Gasteiger partial charge is 0.248 e. The van der Waals surface area contributed by atoms with Crippen LogP contribution in [0.4, 0.5) is 14.5 Å². The first-order valence-electron chi connectivity index (χ1n) is 14.3. The fourth-order valence-corrected chi connectivity index (χ4v) is 5.42. The minimum Gasteiger partial charge on any atom is -0.344 e. The van der Waals surface area contributed by atoms with E-state index in [1.807, 2.05) is 35.2 Å². The van der Waals surface area contributed by atoms with Crippen LogP contribution in [0.25, 0.3) is 0 Å². The maximum atomic E-state index is 13.4. The van der Waals surface area contributed by atoms with E-state index in [-0.39, 0.29) is 49.3 Å². The van der Waals surface area contributed by atoms with Crippen molar-refractivity contribution >= 4 is 23.4 Å². The van der Waals surface area contributed by atoms with Crippen molar-refractivity contribution in [3.8, 4) is 0 Å². The van der Waals surface area contributed by atoms with Crippen molar-refractivity contribution in [3.63, 3.8) is 0 Å². The second kappa shape index (κ2) is 13.8. The molecule has 0 radical (unpaired) electrons. The monoisotopic (exact) mass is 554 g/mol. The number of nitrogens with one attached hydrogen (secondary N) is 2. The maximum Gasteiger partial charge on any atom is 0.248 e. The summed E-state index contributed by atoms with van der Waals surface area (Å²) in [6.45, 7) is 5.36. The lowest BCUT2D eigenvalue weighted by molar-refractivity contribution is -0.138. The Morgan fingerprint density at radius 3 is 2.17 bits per heavy atom. The zero-order chi connectivity index (χ0) is 28.5. The molecule has 2 aromatic carbocycles. The van der Waals surface area contributed by atoms with Gasteiger partial charge in [-0.3, -0.25) is 19.3 Å². The fourth-order valence-electron chi connectivity index (χ4n) is 5.42. The molecule has 3 amide bonds. The minimum absolute atomic E-state index is 0.0203. The number of carbonyl (C=O) groups excluding carboxylic acids is 3. The van der Waals surface area contributed by atoms with Crippen LogP contribution in [0.5, 0.6) is 0 Å². The van der Waals surface area contributed by atoms with Gasteiger partial charge in [-0.15, -0.1) is 0 Å². The first-order valence-corrected chi connectivity index (χ1v) is 14.3. The molecule has 1 saturated carbocycles. The number of halogens is 2. The van der Waals surface area contributed by atoms with Crippen LogP contribution in [-0.2, 0) is 27.3 Å². The number of amides is 3. The summed E-state index contributed by atoms with van der Waals surface area (Å²) in [6, 6.07) is 16.8. The molecule has 40 heavy (non-hydrogen) atoms. The van der Waals surface area contributed by atoms with Gasteiger partial charge < -0.3 is 15.5 Å². The van der Waals surface area contributed by atoms with Gasteiger partial charge in [0, 0.05) is 70.5 Å². The molecule has 216 valence electrons. The van der Waals surface area contributed by atoms with Crippen molar-refractivity contribution in [1.29, 1.82) is 0 Å². The number of benzene rings is 2. The molecule has 0 unspecified atom stereocenters. The van der Waals surface area contributed by atoms with E-state index >= 15 is 0 Å². The van der Waals surface area contributed by atoms with Crippen molar-refractivity contribution in [2.24, 2.45) is 5.92 Å². The summed E-state index contributed by atoms with van der Waals surface area (Å²) in [5, 5.41) is 5.75. The number of alkyl halides is 2. The SMILES string of the molecule is CCC(=O)N[C@H](Cc1ccc(NC(=O)CC2CCC(F)(F)CC2)cc1)C(=O)N1CCN(Cc2ccccc2)CC1. The van der Waals surface area contributed by atoms with Gasteiger partial charge in [0.1, 0.15) is 6.04 Å². The fraction of sp³-hybridized carbons (Fsp3) is 0.516. The van der Waals surface area contributed by atoms with Crippen LogP contribution in [0.15, 0.2) is 54.6 Å². The van der Waals surface area contributed by atoms with E-state index in [2.05, 4.69) is 27.7 Å². The minimum atomic E-state index is -2.60. The van der Waals surface area contributed by atoms with Crippen molar-refractivity contribution in [2.45, 2.75) is 70.4 Å². The summed E-state index contributed by atoms with van der Waals surface area (Å²) in [5.41, 5.74) is 2.73. The lowest BCUT2D eigenvalue weighted by Crippen LogP contribution is -2.55. The Labute approximate surface area is 235 Å². The highest BCUT2D eigenvalue weighted by molar-refractivity contribution is 5.91. The van der Waals surface area contributed by atoms with E-state index in [9.17, 15) is 23.2 Å². The zero-order valence-corrected chi connectivity index (χ0v) is 23.2. The summed E-state index contributed by atoms with van der Waals surface area (Å²) in [5.74, 6) is -3.07. The van der Waals surface area contributed by atoms with Gasteiger partial charge in [-0.1, -0.05) is 49.4 Å². The Bertz CT molecular complexity index is 1130. The summed E-state index contributed by atoms with van der Waals surface area (Å²) >= 11 is 0. The molecular formula is C31H40F2N4O3. The maximum absolute atomic E-state index is 13.4. The van der Waals surface area contributed by atoms with Gasteiger partial charge in [0.15, 0.2) is 0 Å². The third-order valence-corrected chi connectivity index (χ3v) is 7.88. The third-order valence-electron chi connectivity index (χ3n) is 7.88. The van der Waals surface area contributed by atoms with Crippen LogP contribution in [-0.4, -0.2) is 65.7 Å². The largest absolute Gasteiger partial charge is 0.344 e. The second-order valence-electron chi connectivity index (χ2n) is 11.0. The average molecular weight is 555 g/mol. The Morgan fingerprint density at radius 2 is 1.55 bits per heavy atom. The van der Waals surface area contributed by atoms with E-state index in [0.717, 1.165) is 25.2 Å². The van der Waals surface area contributed by atoms with E-state index in [1.165, 1.54) is 5.56 Å². The number of hydrogen-bond donors (Lipinski definition) is 2. The van der Waals surface area contributed by atoms with Gasteiger partial charge in [-0.05, 0) is 42.0 Å². The number of hydrogen-bond acceptors (Lipinski definition) is 4. The van der Waals surface area contributed by atoms with Crippen LogP contribution in [0.1, 0.15) is 56.6 Å². The third kappa shape index (κ3) is 8.84. The molecule has 2 aliphatic rings. The molecule has 0 bridgehead atoms. The number of piperazine rings is 1. The van der Waals surface area contributed by atoms with Crippen LogP contribution in [0, 0.1) is 5.92 Å². The lowest BCUT2D eigenvalue weighted by Gasteiger charge is -2.36. The first kappa shape index (κ1) is 29.6. The van der Waals surface area contributed by atoms with Gasteiger partial charge in [-0.25, -0.2) is 8.78 Å². The normalized spacial score (nSPS) is 18.6. The molecule has 0 aromatic heterocycles. The Hall–Kier alpha value is -3.33. The Balaban J connectivity index is 1.29. The van der Waals surface area contributed by atoms with Crippen LogP contribution < -0.4 is 10.6 Å². The number of nitrogens with zero attached hydrogens (tertiary/aromatic N) is 2. The van der Waals surface area contributed by atoms with E-state index in [0.29, 0.717) is 38.0 Å². The van der Waals surface area contributed by atoms with Crippen LogP contribution in [0.3, 0.4) is 0 Å². The number of rotatable bonds is 10. The highest BCUT2D eigenvalue weighted by atomic mass is 19.3. The summed E-state index contributed by atoms with van der Waals surface area (Å²) < 4.78 is 26.8. The molecule has 7 nitrogen and oxygen atoms in total. The standard InChI is InChI=1S/C31H40F2N4O3/c1-2-28(38)35-27(30(40)37-18-16-36(17-19-37)22-25-6-4-3-5-7-25)20-23-8-10-26(11-9-23)34-29(39)21-24-12-14-31(32,33)15-13-24/h3-11,24,27H,2,12-22H2,1H3,(H,34,39)(H,35,38)/t27-/m1/s1. The molecule has 1 heterocycles. The molecule has 9 heteroatoms. The number of anilines is 1. The second-order valence-corrected chi connectivity index (χ2v) is 11.0. The lowest BCUT2D eigenvalue weighted by atomic mass is 9.84. The molecule has 1 aliphatic carbocycles. The van der Waals surface area contributed by atoms with Crippen LogP contribution in [0.2, 0.25) is 0 Å². The Kier molecular flexibility index (Phi) is 10.3. The summed E-state index contributed by atoms with van der Waals surface area (Å²) in [6.07, 6.45) is 1.28.